The minimum absolute atomic E-state index is 0.00363. The molecular weight excluding hydrogens is 230 g/mol. The highest BCUT2D eigenvalue weighted by Crippen LogP contribution is 2.14. The fourth-order valence-electron chi connectivity index (χ4n) is 2.24. The van der Waals surface area contributed by atoms with Crippen LogP contribution >= 0.6 is 0 Å². The van der Waals surface area contributed by atoms with Crippen molar-refractivity contribution in [3.8, 4) is 0 Å². The van der Waals surface area contributed by atoms with Crippen LogP contribution in [0.5, 0.6) is 0 Å². The van der Waals surface area contributed by atoms with Crippen LogP contribution in [-0.2, 0) is 9.59 Å². The Balaban J connectivity index is 2.42. The van der Waals surface area contributed by atoms with Gasteiger partial charge >= 0.3 is 0 Å². The Morgan fingerprint density at radius 3 is 2.39 bits per heavy atom. The van der Waals surface area contributed by atoms with Gasteiger partial charge in [-0.1, -0.05) is 20.3 Å². The summed E-state index contributed by atoms with van der Waals surface area (Å²) >= 11 is 0. The zero-order valence-electron chi connectivity index (χ0n) is 11.6. The molecular formula is C13H25N3O2. The van der Waals surface area contributed by atoms with Crippen molar-refractivity contribution in [3.63, 3.8) is 0 Å². The van der Waals surface area contributed by atoms with Gasteiger partial charge in [-0.15, -0.1) is 0 Å². The van der Waals surface area contributed by atoms with Crippen molar-refractivity contribution in [1.82, 2.24) is 10.2 Å². The Hall–Kier alpha value is -1.10. The predicted octanol–water partition coefficient (Wildman–Crippen LogP) is 0.487. The van der Waals surface area contributed by atoms with Crippen molar-refractivity contribution in [2.75, 3.05) is 13.1 Å². The normalized spacial score (nSPS) is 20.3. The molecule has 5 heteroatoms. The molecule has 0 aromatic carbocycles. The molecule has 1 saturated heterocycles. The number of likely N-dealkylation sites (tertiary alicyclic amines) is 1. The van der Waals surface area contributed by atoms with Gasteiger partial charge in [0.05, 0.1) is 6.04 Å². The van der Waals surface area contributed by atoms with Gasteiger partial charge in [0.1, 0.15) is 0 Å². The van der Waals surface area contributed by atoms with Crippen molar-refractivity contribution in [2.45, 2.75) is 52.1 Å². The molecule has 1 heterocycles. The summed E-state index contributed by atoms with van der Waals surface area (Å²) in [6.45, 7) is 6.95. The Kier molecular flexibility index (Phi) is 5.59. The van der Waals surface area contributed by atoms with Crippen LogP contribution in [0.1, 0.15) is 40.0 Å². The van der Waals surface area contributed by atoms with E-state index < -0.39 is 6.04 Å². The summed E-state index contributed by atoms with van der Waals surface area (Å²) in [7, 11) is 0. The molecule has 0 saturated carbocycles. The van der Waals surface area contributed by atoms with Crippen LogP contribution in [0.2, 0.25) is 0 Å². The first-order valence-electron chi connectivity index (χ1n) is 6.77. The third-order valence-corrected chi connectivity index (χ3v) is 3.76. The molecule has 0 radical (unpaired) electrons. The van der Waals surface area contributed by atoms with Crippen molar-refractivity contribution >= 4 is 11.8 Å². The Morgan fingerprint density at radius 2 is 1.94 bits per heavy atom. The summed E-state index contributed by atoms with van der Waals surface area (Å²) in [6, 6.07) is -0.196. The number of amides is 2. The molecule has 2 unspecified atom stereocenters. The maximum absolute atomic E-state index is 12.1. The van der Waals surface area contributed by atoms with E-state index in [2.05, 4.69) is 5.32 Å². The summed E-state index contributed by atoms with van der Waals surface area (Å²) in [6.07, 6.45) is 2.55. The summed E-state index contributed by atoms with van der Waals surface area (Å²) < 4.78 is 0. The highest BCUT2D eigenvalue weighted by atomic mass is 16.2. The Bertz CT molecular complexity index is 299. The standard InChI is InChI=1S/C13H25N3O2/c1-4-9(2)12(14)13(18)16-7-5-11(6-8-16)15-10(3)17/h9,11-12H,4-8,14H2,1-3H3,(H,15,17). The van der Waals surface area contributed by atoms with E-state index in [0.717, 1.165) is 19.3 Å². The molecule has 0 spiro atoms. The second-order valence-electron chi connectivity index (χ2n) is 5.21. The first-order chi connectivity index (χ1) is 8.45. The molecule has 1 aliphatic rings. The number of hydrogen-bond acceptors (Lipinski definition) is 3. The summed E-state index contributed by atoms with van der Waals surface area (Å²) in [5, 5.41) is 2.90. The average molecular weight is 255 g/mol. The smallest absolute Gasteiger partial charge is 0.239 e. The molecule has 1 rings (SSSR count). The van der Waals surface area contributed by atoms with Crippen molar-refractivity contribution in [1.29, 1.82) is 0 Å². The minimum atomic E-state index is -0.396. The highest BCUT2D eigenvalue weighted by Gasteiger charge is 2.28. The van der Waals surface area contributed by atoms with Gasteiger partial charge in [-0.25, -0.2) is 0 Å². The van der Waals surface area contributed by atoms with E-state index >= 15 is 0 Å². The lowest BCUT2D eigenvalue weighted by Crippen LogP contribution is -2.52. The van der Waals surface area contributed by atoms with E-state index in [1.54, 1.807) is 0 Å². The lowest BCUT2D eigenvalue weighted by atomic mass is 9.97. The number of nitrogens with zero attached hydrogens (tertiary/aromatic N) is 1. The van der Waals surface area contributed by atoms with Gasteiger partial charge in [0, 0.05) is 26.1 Å². The van der Waals surface area contributed by atoms with E-state index in [1.807, 2.05) is 18.7 Å². The van der Waals surface area contributed by atoms with E-state index in [-0.39, 0.29) is 23.8 Å². The van der Waals surface area contributed by atoms with E-state index in [9.17, 15) is 9.59 Å². The number of carbonyl (C=O) groups is 2. The molecule has 2 amide bonds. The molecule has 0 bridgehead atoms. The SMILES string of the molecule is CCC(C)C(N)C(=O)N1CCC(NC(C)=O)CC1. The lowest BCUT2D eigenvalue weighted by molar-refractivity contribution is -0.134. The fraction of sp³-hybridized carbons (Fsp3) is 0.846. The predicted molar refractivity (Wildman–Crippen MR) is 70.8 cm³/mol. The van der Waals surface area contributed by atoms with Crippen LogP contribution in [0.3, 0.4) is 0 Å². The zero-order chi connectivity index (χ0) is 13.7. The third-order valence-electron chi connectivity index (χ3n) is 3.76. The van der Waals surface area contributed by atoms with Gasteiger partial charge in [-0.3, -0.25) is 9.59 Å². The van der Waals surface area contributed by atoms with Gasteiger partial charge in [0.2, 0.25) is 11.8 Å². The van der Waals surface area contributed by atoms with Crippen molar-refractivity contribution < 1.29 is 9.59 Å². The largest absolute Gasteiger partial charge is 0.353 e. The average Bonchev–Trinajstić information content (AvgIpc) is 2.36. The molecule has 5 nitrogen and oxygen atoms in total. The van der Waals surface area contributed by atoms with E-state index in [1.165, 1.54) is 6.92 Å². The first kappa shape index (κ1) is 15.0. The quantitative estimate of drug-likeness (QED) is 0.767. The molecule has 0 aliphatic carbocycles. The molecule has 104 valence electrons. The van der Waals surface area contributed by atoms with Crippen LogP contribution < -0.4 is 11.1 Å². The molecule has 1 aliphatic heterocycles. The van der Waals surface area contributed by atoms with Crippen molar-refractivity contribution in [2.24, 2.45) is 11.7 Å². The van der Waals surface area contributed by atoms with E-state index in [0.29, 0.717) is 13.1 Å². The van der Waals surface area contributed by atoms with Gasteiger partial charge in [0.15, 0.2) is 0 Å². The Morgan fingerprint density at radius 1 is 1.39 bits per heavy atom. The number of rotatable bonds is 4. The molecule has 0 aromatic heterocycles. The molecule has 2 atom stereocenters. The van der Waals surface area contributed by atoms with Crippen LogP contribution in [0, 0.1) is 5.92 Å². The number of piperidine rings is 1. The zero-order valence-corrected chi connectivity index (χ0v) is 11.6. The first-order valence-corrected chi connectivity index (χ1v) is 6.77. The maximum atomic E-state index is 12.1. The number of hydrogen-bond donors (Lipinski definition) is 2. The van der Waals surface area contributed by atoms with Gasteiger partial charge in [-0.2, -0.15) is 0 Å². The lowest BCUT2D eigenvalue weighted by Gasteiger charge is -2.34. The van der Waals surface area contributed by atoms with Gasteiger partial charge in [0.25, 0.3) is 0 Å². The summed E-state index contributed by atoms with van der Waals surface area (Å²) in [5.74, 6) is 0.257. The molecule has 3 N–H and O–H groups in total. The van der Waals surface area contributed by atoms with Gasteiger partial charge in [-0.05, 0) is 18.8 Å². The van der Waals surface area contributed by atoms with Crippen LogP contribution in [0.4, 0.5) is 0 Å². The molecule has 1 fully saturated rings. The summed E-state index contributed by atoms with van der Waals surface area (Å²) in [5.41, 5.74) is 5.96. The number of carbonyl (C=O) groups excluding carboxylic acids is 2. The van der Waals surface area contributed by atoms with Crippen LogP contribution in [0.15, 0.2) is 0 Å². The topological polar surface area (TPSA) is 75.4 Å². The second-order valence-corrected chi connectivity index (χ2v) is 5.21. The molecule has 0 aromatic rings. The molecule has 18 heavy (non-hydrogen) atoms. The maximum Gasteiger partial charge on any atom is 0.239 e. The Labute approximate surface area is 109 Å². The number of nitrogens with one attached hydrogen (secondary N) is 1. The minimum Gasteiger partial charge on any atom is -0.353 e. The van der Waals surface area contributed by atoms with Gasteiger partial charge < -0.3 is 16.0 Å². The highest BCUT2D eigenvalue weighted by molar-refractivity contribution is 5.82. The summed E-state index contributed by atoms with van der Waals surface area (Å²) in [4.78, 5) is 24.9. The van der Waals surface area contributed by atoms with E-state index in [4.69, 9.17) is 5.73 Å². The number of nitrogens with two attached hydrogens (primary N) is 1. The van der Waals surface area contributed by atoms with Crippen LogP contribution in [-0.4, -0.2) is 41.9 Å². The third kappa shape index (κ3) is 3.98. The monoisotopic (exact) mass is 255 g/mol. The second kappa shape index (κ2) is 6.73. The van der Waals surface area contributed by atoms with Crippen LogP contribution in [0.25, 0.3) is 0 Å². The fourth-order valence-corrected chi connectivity index (χ4v) is 2.24. The van der Waals surface area contributed by atoms with Crippen molar-refractivity contribution in [3.05, 3.63) is 0 Å².